The van der Waals surface area contributed by atoms with Crippen molar-refractivity contribution in [2.24, 2.45) is 0 Å². The van der Waals surface area contributed by atoms with Gasteiger partial charge in [0, 0.05) is 55.3 Å². The number of hydrogen-bond acceptors (Lipinski definition) is 5. The fraction of sp³-hybridized carbons (Fsp3) is 0.444. The van der Waals surface area contributed by atoms with Crippen LogP contribution in [-0.4, -0.2) is 43.1 Å². The van der Waals surface area contributed by atoms with Gasteiger partial charge in [-0.3, -0.25) is 5.01 Å². The van der Waals surface area contributed by atoms with Crippen molar-refractivity contribution < 1.29 is 8.78 Å². The lowest BCUT2D eigenvalue weighted by molar-refractivity contribution is 0.155. The summed E-state index contributed by atoms with van der Waals surface area (Å²) in [6.45, 7) is 6.19. The molecule has 25 heavy (non-hydrogen) atoms. The molecule has 1 fully saturated rings. The molecule has 4 nitrogen and oxygen atoms in total. The molecule has 1 aromatic carbocycles. The normalized spacial score (nSPS) is 18.5. The second-order valence-electron chi connectivity index (χ2n) is 6.60. The fourth-order valence-corrected chi connectivity index (χ4v) is 4.58. The maximum atomic E-state index is 14.4. The molecule has 0 amide bonds. The quantitative estimate of drug-likeness (QED) is 0.875. The van der Waals surface area contributed by atoms with E-state index in [2.05, 4.69) is 35.3 Å². The number of aryl methyl sites for hydroxylation is 1. The minimum absolute atomic E-state index is 0.377. The molecule has 0 bridgehead atoms. The van der Waals surface area contributed by atoms with E-state index in [1.165, 1.54) is 10.9 Å². The van der Waals surface area contributed by atoms with E-state index in [0.717, 1.165) is 49.2 Å². The zero-order valence-electron chi connectivity index (χ0n) is 14.5. The second-order valence-corrected chi connectivity index (χ2v) is 7.72. The van der Waals surface area contributed by atoms with Gasteiger partial charge in [0.1, 0.15) is 10.8 Å². The monoisotopic (exact) mass is 364 g/mol. The largest absolute Gasteiger partial charge is 0.377 e. The van der Waals surface area contributed by atoms with Crippen molar-refractivity contribution in [1.29, 1.82) is 0 Å². The average Bonchev–Trinajstić information content (AvgIpc) is 2.92. The van der Waals surface area contributed by atoms with Crippen molar-refractivity contribution in [1.82, 2.24) is 9.91 Å². The zero-order chi connectivity index (χ0) is 17.6. The van der Waals surface area contributed by atoms with Crippen molar-refractivity contribution in [3.05, 3.63) is 40.3 Å². The average molecular weight is 364 g/mol. The van der Waals surface area contributed by atoms with Crippen LogP contribution in [0.5, 0.6) is 0 Å². The molecule has 3 heterocycles. The molecule has 4 rings (SSSR count). The molecule has 2 aliphatic heterocycles. The Labute approximate surface area is 150 Å². The summed E-state index contributed by atoms with van der Waals surface area (Å²) in [6, 6.07) is 4.56. The summed E-state index contributed by atoms with van der Waals surface area (Å²) in [5, 5.41) is 8.49. The van der Waals surface area contributed by atoms with E-state index in [1.807, 2.05) is 5.01 Å². The highest BCUT2D eigenvalue weighted by molar-refractivity contribution is 7.16. The van der Waals surface area contributed by atoms with Crippen molar-refractivity contribution in [2.75, 3.05) is 43.6 Å². The number of fused-ring (bicyclic) bond motifs is 2. The van der Waals surface area contributed by atoms with Crippen LogP contribution >= 0.6 is 11.3 Å². The number of nitrogens with one attached hydrogen (secondary N) is 1. The Morgan fingerprint density at radius 2 is 1.88 bits per heavy atom. The van der Waals surface area contributed by atoms with Crippen LogP contribution in [0.15, 0.2) is 18.2 Å². The molecule has 0 unspecified atom stereocenters. The number of benzene rings is 1. The number of halogens is 2. The van der Waals surface area contributed by atoms with E-state index in [0.29, 0.717) is 17.9 Å². The molecule has 1 aromatic heterocycles. The van der Waals surface area contributed by atoms with Crippen molar-refractivity contribution >= 4 is 27.7 Å². The van der Waals surface area contributed by atoms with Gasteiger partial charge in [-0.2, -0.15) is 0 Å². The Hall–Kier alpha value is -1.70. The number of hydrazine groups is 1. The maximum Gasteiger partial charge on any atom is 0.151 e. The summed E-state index contributed by atoms with van der Waals surface area (Å²) in [5.41, 5.74) is 2.07. The topological polar surface area (TPSA) is 21.8 Å². The first-order valence-corrected chi connectivity index (χ1v) is 9.46. The molecule has 0 spiro atoms. The number of piperazine rings is 1. The molecular formula is C18H22F2N4S. The summed E-state index contributed by atoms with van der Waals surface area (Å²) in [7, 11) is 2.10. The number of hydrogen-bond donors (Lipinski definition) is 1. The zero-order valence-corrected chi connectivity index (χ0v) is 15.3. The molecule has 0 atom stereocenters. The number of nitrogens with zero attached hydrogens (tertiary/aromatic N) is 3. The van der Waals surface area contributed by atoms with E-state index in [1.54, 1.807) is 11.3 Å². The summed E-state index contributed by atoms with van der Waals surface area (Å²) < 4.78 is 28.5. The third kappa shape index (κ3) is 3.01. The van der Waals surface area contributed by atoms with Crippen LogP contribution in [0.1, 0.15) is 17.4 Å². The Morgan fingerprint density at radius 3 is 2.60 bits per heavy atom. The Balaban J connectivity index is 1.85. The van der Waals surface area contributed by atoms with Crippen LogP contribution in [0.2, 0.25) is 0 Å². The van der Waals surface area contributed by atoms with Gasteiger partial charge in [0.15, 0.2) is 5.82 Å². The van der Waals surface area contributed by atoms with E-state index in [4.69, 9.17) is 0 Å². The highest BCUT2D eigenvalue weighted by Gasteiger charge is 2.31. The van der Waals surface area contributed by atoms with E-state index in [-0.39, 0.29) is 0 Å². The van der Waals surface area contributed by atoms with E-state index in [9.17, 15) is 8.78 Å². The SMILES string of the molecule is CCc1cc2c(s1)N(N1CCN(C)CC1)c1cc(F)cc(F)c1NC2. The molecule has 0 saturated carbocycles. The first-order chi connectivity index (χ1) is 12.1. The first-order valence-electron chi connectivity index (χ1n) is 8.65. The van der Waals surface area contributed by atoms with Gasteiger partial charge in [0.25, 0.3) is 0 Å². The van der Waals surface area contributed by atoms with Gasteiger partial charge in [0.2, 0.25) is 0 Å². The Kier molecular flexibility index (Phi) is 4.39. The van der Waals surface area contributed by atoms with Gasteiger partial charge in [-0.05, 0) is 19.5 Å². The number of thiophene rings is 1. The van der Waals surface area contributed by atoms with Crippen molar-refractivity contribution in [3.63, 3.8) is 0 Å². The van der Waals surface area contributed by atoms with Gasteiger partial charge in [-0.25, -0.2) is 13.8 Å². The van der Waals surface area contributed by atoms with Crippen LogP contribution < -0.4 is 10.3 Å². The highest BCUT2D eigenvalue weighted by Crippen LogP contribution is 2.44. The lowest BCUT2D eigenvalue weighted by Gasteiger charge is -2.41. The molecule has 134 valence electrons. The second kappa shape index (κ2) is 6.55. The predicted octanol–water partition coefficient (Wildman–Crippen LogP) is 3.81. The van der Waals surface area contributed by atoms with Crippen LogP contribution in [0.25, 0.3) is 0 Å². The minimum atomic E-state index is -0.548. The molecule has 2 aliphatic rings. The van der Waals surface area contributed by atoms with Crippen LogP contribution in [0.4, 0.5) is 25.2 Å². The van der Waals surface area contributed by atoms with Crippen molar-refractivity contribution in [2.45, 2.75) is 19.9 Å². The smallest absolute Gasteiger partial charge is 0.151 e. The molecular weight excluding hydrogens is 342 g/mol. The summed E-state index contributed by atoms with van der Waals surface area (Å²) in [6.07, 6.45) is 0.957. The number of likely N-dealkylation sites (N-methyl/N-ethyl adjacent to an activating group) is 1. The van der Waals surface area contributed by atoms with E-state index < -0.39 is 11.6 Å². The number of rotatable bonds is 2. The lowest BCUT2D eigenvalue weighted by Crippen LogP contribution is -2.51. The summed E-state index contributed by atoms with van der Waals surface area (Å²) in [5.74, 6) is -1.09. The molecule has 1 N–H and O–H groups in total. The molecule has 7 heteroatoms. The van der Waals surface area contributed by atoms with Gasteiger partial charge in [-0.1, -0.05) is 6.92 Å². The van der Waals surface area contributed by atoms with E-state index >= 15 is 0 Å². The molecule has 0 aliphatic carbocycles. The third-order valence-electron chi connectivity index (χ3n) is 4.86. The molecule has 2 aromatic rings. The fourth-order valence-electron chi connectivity index (χ4n) is 3.43. The van der Waals surface area contributed by atoms with Gasteiger partial charge < -0.3 is 10.2 Å². The minimum Gasteiger partial charge on any atom is -0.377 e. The Bertz CT molecular complexity index is 784. The van der Waals surface area contributed by atoms with Gasteiger partial charge in [0.05, 0.1) is 11.4 Å². The number of anilines is 3. The highest BCUT2D eigenvalue weighted by atomic mass is 32.1. The predicted molar refractivity (Wildman–Crippen MR) is 98.6 cm³/mol. The summed E-state index contributed by atoms with van der Waals surface area (Å²) in [4.78, 5) is 3.55. The van der Waals surface area contributed by atoms with Crippen LogP contribution in [0.3, 0.4) is 0 Å². The standard InChI is InChI=1S/C18H22F2N4S/c1-3-14-8-12-11-21-17-15(20)9-13(19)10-16(17)24(18(12)25-14)23-6-4-22(2)5-7-23/h8-10,21H,3-7,11H2,1-2H3. The Morgan fingerprint density at radius 1 is 1.12 bits per heavy atom. The molecule has 1 saturated heterocycles. The van der Waals surface area contributed by atoms with Crippen molar-refractivity contribution in [3.8, 4) is 0 Å². The van der Waals surface area contributed by atoms with Gasteiger partial charge in [-0.15, -0.1) is 11.3 Å². The third-order valence-corrected chi connectivity index (χ3v) is 6.16. The van der Waals surface area contributed by atoms with Gasteiger partial charge >= 0.3 is 0 Å². The summed E-state index contributed by atoms with van der Waals surface area (Å²) >= 11 is 1.71. The maximum absolute atomic E-state index is 14.4. The lowest BCUT2D eigenvalue weighted by atomic mass is 10.2. The molecule has 0 radical (unpaired) electrons. The van der Waals surface area contributed by atoms with Crippen LogP contribution in [-0.2, 0) is 13.0 Å². The van der Waals surface area contributed by atoms with Crippen LogP contribution in [0, 0.1) is 11.6 Å². The first kappa shape index (κ1) is 16.8.